The first-order valence-electron chi connectivity index (χ1n) is 8.01. The van der Waals surface area contributed by atoms with Crippen molar-refractivity contribution in [1.29, 1.82) is 0 Å². The summed E-state index contributed by atoms with van der Waals surface area (Å²) in [6.07, 6.45) is 5.35. The zero-order valence-corrected chi connectivity index (χ0v) is 12.2. The van der Waals surface area contributed by atoms with E-state index in [1.54, 1.807) is 0 Å². The maximum absolute atomic E-state index is 12.1. The fourth-order valence-electron chi connectivity index (χ4n) is 3.76. The van der Waals surface area contributed by atoms with E-state index >= 15 is 0 Å². The van der Waals surface area contributed by atoms with Gasteiger partial charge in [0.05, 0.1) is 19.8 Å². The van der Waals surface area contributed by atoms with Crippen molar-refractivity contribution < 1.29 is 14.6 Å². The van der Waals surface area contributed by atoms with Gasteiger partial charge >= 0.3 is 0 Å². The minimum atomic E-state index is 0.100. The van der Waals surface area contributed by atoms with Gasteiger partial charge in [-0.2, -0.15) is 0 Å². The summed E-state index contributed by atoms with van der Waals surface area (Å²) in [5.74, 6) is 1.05. The minimum absolute atomic E-state index is 0.100. The third-order valence-electron chi connectivity index (χ3n) is 4.88. The van der Waals surface area contributed by atoms with Crippen LogP contribution in [0.3, 0.4) is 0 Å². The van der Waals surface area contributed by atoms with Gasteiger partial charge in [0, 0.05) is 38.1 Å². The number of aliphatic hydroxyl groups excluding tert-OH is 1. The van der Waals surface area contributed by atoms with E-state index in [9.17, 15) is 4.79 Å². The van der Waals surface area contributed by atoms with E-state index in [2.05, 4.69) is 9.80 Å². The maximum atomic E-state index is 12.1. The molecular weight excluding hydrogens is 256 g/mol. The Morgan fingerprint density at radius 1 is 1.20 bits per heavy atom. The molecule has 0 spiro atoms. The van der Waals surface area contributed by atoms with Crippen molar-refractivity contribution in [1.82, 2.24) is 9.80 Å². The van der Waals surface area contributed by atoms with E-state index in [1.165, 1.54) is 12.8 Å². The summed E-state index contributed by atoms with van der Waals surface area (Å²) in [6, 6.07) is 1.06. The number of likely N-dealkylation sites (tertiary alicyclic amines) is 2. The second kappa shape index (κ2) is 6.41. The molecule has 0 bridgehead atoms. The van der Waals surface area contributed by atoms with E-state index in [1.807, 2.05) is 0 Å². The highest BCUT2D eigenvalue weighted by molar-refractivity contribution is 5.78. The molecule has 3 fully saturated rings. The molecule has 0 radical (unpaired) electrons. The van der Waals surface area contributed by atoms with Crippen LogP contribution in [0.5, 0.6) is 0 Å². The molecule has 2 saturated heterocycles. The van der Waals surface area contributed by atoms with E-state index in [0.717, 1.165) is 38.9 Å². The number of nitrogens with zero attached hydrogens (tertiary/aromatic N) is 2. The molecule has 0 aromatic carbocycles. The van der Waals surface area contributed by atoms with Gasteiger partial charge in [-0.1, -0.05) is 0 Å². The molecule has 0 aromatic heterocycles. The molecule has 2 heterocycles. The Morgan fingerprint density at radius 3 is 2.80 bits per heavy atom. The fourth-order valence-corrected chi connectivity index (χ4v) is 3.76. The topological polar surface area (TPSA) is 53.0 Å². The van der Waals surface area contributed by atoms with Crippen LogP contribution in [0.1, 0.15) is 32.1 Å². The molecule has 2 unspecified atom stereocenters. The van der Waals surface area contributed by atoms with Gasteiger partial charge in [0.1, 0.15) is 0 Å². The number of hydrogen-bond acceptors (Lipinski definition) is 4. The van der Waals surface area contributed by atoms with Crippen LogP contribution in [0, 0.1) is 5.92 Å². The number of fused-ring (bicyclic) bond motifs is 1. The van der Waals surface area contributed by atoms with E-state index in [0.29, 0.717) is 37.1 Å². The normalized spacial score (nSPS) is 31.4. The van der Waals surface area contributed by atoms with Gasteiger partial charge in [-0.3, -0.25) is 4.79 Å². The van der Waals surface area contributed by atoms with Crippen molar-refractivity contribution >= 4 is 5.91 Å². The summed E-state index contributed by atoms with van der Waals surface area (Å²) < 4.78 is 5.35. The van der Waals surface area contributed by atoms with Gasteiger partial charge in [0.2, 0.25) is 5.91 Å². The first-order valence-corrected chi connectivity index (χ1v) is 8.01. The van der Waals surface area contributed by atoms with Crippen molar-refractivity contribution in [3.63, 3.8) is 0 Å². The molecule has 1 saturated carbocycles. The zero-order valence-electron chi connectivity index (χ0n) is 12.2. The Labute approximate surface area is 120 Å². The standard InChI is InChI=1S/C15H26N2O3/c18-8-10-20-9-7-16-6-5-14-12(11-16)1-4-15(19)17(14)13-2-3-13/h12-14,18H,1-11H2. The molecule has 2 aliphatic heterocycles. The Kier molecular flexibility index (Phi) is 4.58. The van der Waals surface area contributed by atoms with Gasteiger partial charge in [0.25, 0.3) is 0 Å². The van der Waals surface area contributed by atoms with Crippen molar-refractivity contribution in [3.8, 4) is 0 Å². The number of carbonyl (C=O) groups is 1. The highest BCUT2D eigenvalue weighted by Gasteiger charge is 2.44. The molecule has 114 valence electrons. The van der Waals surface area contributed by atoms with Crippen molar-refractivity contribution in [2.75, 3.05) is 39.5 Å². The predicted molar refractivity (Wildman–Crippen MR) is 75.3 cm³/mol. The molecule has 5 heteroatoms. The lowest BCUT2D eigenvalue weighted by atomic mass is 9.83. The molecule has 5 nitrogen and oxygen atoms in total. The Balaban J connectivity index is 1.49. The lowest BCUT2D eigenvalue weighted by Gasteiger charge is -2.47. The highest BCUT2D eigenvalue weighted by atomic mass is 16.5. The first kappa shape index (κ1) is 14.3. The summed E-state index contributed by atoms with van der Waals surface area (Å²) >= 11 is 0. The van der Waals surface area contributed by atoms with Crippen LogP contribution in [0.2, 0.25) is 0 Å². The molecule has 2 atom stereocenters. The molecule has 1 N–H and O–H groups in total. The molecular formula is C15H26N2O3. The number of aliphatic hydroxyl groups is 1. The van der Waals surface area contributed by atoms with Crippen LogP contribution in [0.4, 0.5) is 0 Å². The van der Waals surface area contributed by atoms with Crippen molar-refractivity contribution in [2.24, 2.45) is 5.92 Å². The van der Waals surface area contributed by atoms with Gasteiger partial charge < -0.3 is 19.6 Å². The van der Waals surface area contributed by atoms with Crippen LogP contribution in [-0.2, 0) is 9.53 Å². The van der Waals surface area contributed by atoms with Crippen LogP contribution in [0.15, 0.2) is 0 Å². The number of amides is 1. The largest absolute Gasteiger partial charge is 0.394 e. The molecule has 0 aromatic rings. The second-order valence-electron chi connectivity index (χ2n) is 6.32. The number of ether oxygens (including phenoxy) is 1. The average Bonchev–Trinajstić information content (AvgIpc) is 3.28. The summed E-state index contributed by atoms with van der Waals surface area (Å²) in [7, 11) is 0. The zero-order chi connectivity index (χ0) is 13.9. The van der Waals surface area contributed by atoms with Gasteiger partial charge in [-0.15, -0.1) is 0 Å². The number of carbonyl (C=O) groups excluding carboxylic acids is 1. The van der Waals surface area contributed by atoms with Crippen molar-refractivity contribution in [3.05, 3.63) is 0 Å². The third kappa shape index (κ3) is 3.15. The number of piperidine rings is 2. The summed E-state index contributed by atoms with van der Waals surface area (Å²) in [5.41, 5.74) is 0. The Bertz CT molecular complexity index is 346. The van der Waals surface area contributed by atoms with Crippen LogP contribution in [-0.4, -0.2) is 72.4 Å². The Morgan fingerprint density at radius 2 is 2.05 bits per heavy atom. The minimum Gasteiger partial charge on any atom is -0.394 e. The van der Waals surface area contributed by atoms with E-state index in [-0.39, 0.29) is 6.61 Å². The second-order valence-corrected chi connectivity index (χ2v) is 6.32. The summed E-state index contributed by atoms with van der Waals surface area (Å²) in [6.45, 7) is 4.35. The highest BCUT2D eigenvalue weighted by Crippen LogP contribution is 2.38. The lowest BCUT2D eigenvalue weighted by molar-refractivity contribution is -0.142. The summed E-state index contributed by atoms with van der Waals surface area (Å²) in [5, 5.41) is 8.69. The lowest BCUT2D eigenvalue weighted by Crippen LogP contribution is -2.56. The first-order chi connectivity index (χ1) is 9.79. The monoisotopic (exact) mass is 282 g/mol. The predicted octanol–water partition coefficient (Wildman–Crippen LogP) is 0.471. The molecule has 1 aliphatic carbocycles. The van der Waals surface area contributed by atoms with E-state index < -0.39 is 0 Å². The molecule has 1 amide bonds. The smallest absolute Gasteiger partial charge is 0.223 e. The number of rotatable bonds is 6. The van der Waals surface area contributed by atoms with Gasteiger partial charge in [-0.05, 0) is 31.6 Å². The van der Waals surface area contributed by atoms with Crippen LogP contribution >= 0.6 is 0 Å². The average molecular weight is 282 g/mol. The van der Waals surface area contributed by atoms with Gasteiger partial charge in [-0.25, -0.2) is 0 Å². The SMILES string of the molecule is O=C1CCC2CN(CCOCCO)CCC2N1C1CC1. The van der Waals surface area contributed by atoms with Crippen molar-refractivity contribution in [2.45, 2.75) is 44.2 Å². The molecule has 20 heavy (non-hydrogen) atoms. The third-order valence-corrected chi connectivity index (χ3v) is 4.88. The maximum Gasteiger partial charge on any atom is 0.223 e. The number of hydrogen-bond donors (Lipinski definition) is 1. The van der Waals surface area contributed by atoms with E-state index in [4.69, 9.17) is 9.84 Å². The fraction of sp³-hybridized carbons (Fsp3) is 0.933. The van der Waals surface area contributed by atoms with Crippen LogP contribution < -0.4 is 0 Å². The molecule has 3 rings (SSSR count). The molecule has 3 aliphatic rings. The van der Waals surface area contributed by atoms with Crippen LogP contribution in [0.25, 0.3) is 0 Å². The quantitative estimate of drug-likeness (QED) is 0.720. The summed E-state index contributed by atoms with van der Waals surface area (Å²) in [4.78, 5) is 16.8. The van der Waals surface area contributed by atoms with Gasteiger partial charge in [0.15, 0.2) is 0 Å². The Hall–Kier alpha value is -0.650.